The van der Waals surface area contributed by atoms with E-state index in [0.717, 1.165) is 80.0 Å². The Bertz CT molecular complexity index is 1020. The Hall–Kier alpha value is -2.70. The van der Waals surface area contributed by atoms with Gasteiger partial charge in [-0.3, -0.25) is 4.98 Å². The smallest absolute Gasteiger partial charge is 0.138 e. The molecule has 5 rings (SSSR count). The predicted octanol–water partition coefficient (Wildman–Crippen LogP) is 3.84. The number of morpholine rings is 1. The number of ether oxygens (including phenoxy) is 1. The van der Waals surface area contributed by atoms with Gasteiger partial charge in [0.15, 0.2) is 0 Å². The van der Waals surface area contributed by atoms with Crippen LogP contribution in [0.5, 0.6) is 0 Å². The minimum atomic E-state index is 0.340. The maximum Gasteiger partial charge on any atom is 0.138 e. The molecule has 1 aliphatic heterocycles. The second-order valence-corrected chi connectivity index (χ2v) is 8.73. The quantitative estimate of drug-likeness (QED) is 0.696. The Morgan fingerprint density at radius 3 is 2.52 bits per heavy atom. The van der Waals surface area contributed by atoms with E-state index in [1.165, 1.54) is 5.69 Å². The van der Waals surface area contributed by atoms with Gasteiger partial charge in [0, 0.05) is 55.1 Å². The number of nitrogens with zero attached hydrogens (tertiary/aromatic N) is 4. The molecule has 1 saturated carbocycles. The third kappa shape index (κ3) is 4.23. The van der Waals surface area contributed by atoms with Crippen molar-refractivity contribution >= 4 is 22.4 Å². The third-order valence-corrected chi connectivity index (χ3v) is 6.74. The van der Waals surface area contributed by atoms with Crippen LogP contribution < -0.4 is 15.5 Å². The molecule has 0 spiro atoms. The first-order valence-electron chi connectivity index (χ1n) is 11.4. The molecule has 3 heterocycles. The Kier molecular flexibility index (Phi) is 5.74. The highest BCUT2D eigenvalue weighted by Crippen LogP contribution is 2.33. The lowest BCUT2D eigenvalue weighted by atomic mass is 9.91. The average molecular weight is 418 g/mol. The first-order valence-corrected chi connectivity index (χ1v) is 11.4. The summed E-state index contributed by atoms with van der Waals surface area (Å²) in [6, 6.07) is 15.8. The number of benzene rings is 1. The van der Waals surface area contributed by atoms with E-state index in [-0.39, 0.29) is 0 Å². The molecular weight excluding hydrogens is 386 g/mol. The fraction of sp³-hybridized carbons (Fsp3) is 0.440. The van der Waals surface area contributed by atoms with Crippen molar-refractivity contribution in [3.8, 4) is 11.3 Å². The van der Waals surface area contributed by atoms with Crippen LogP contribution in [-0.4, -0.2) is 55.4 Å². The summed E-state index contributed by atoms with van der Waals surface area (Å²) in [5.41, 5.74) is 10.4. The molecule has 0 radical (unpaired) electrons. The number of hydrogen-bond donors (Lipinski definition) is 1. The zero-order valence-corrected chi connectivity index (χ0v) is 18.2. The standard InChI is InChI=1S/C25H31N5O/c1-29(20-10-6-19(26)7-11-20)25-22-3-2-12-27-24(22)17-23(28-25)18-4-8-21(9-5-18)30-13-15-31-16-14-30/h2-5,8-9,12,17,19-20H,6-7,10-11,13-16,26H2,1H3. The molecule has 2 N–H and O–H groups in total. The van der Waals surface area contributed by atoms with Gasteiger partial charge in [0.25, 0.3) is 0 Å². The number of anilines is 2. The van der Waals surface area contributed by atoms with Gasteiger partial charge in [-0.2, -0.15) is 0 Å². The Morgan fingerprint density at radius 2 is 1.77 bits per heavy atom. The van der Waals surface area contributed by atoms with E-state index in [1.54, 1.807) is 0 Å². The largest absolute Gasteiger partial charge is 0.378 e. The summed E-state index contributed by atoms with van der Waals surface area (Å²) in [7, 11) is 2.17. The minimum Gasteiger partial charge on any atom is -0.378 e. The lowest BCUT2D eigenvalue weighted by molar-refractivity contribution is 0.122. The van der Waals surface area contributed by atoms with Crippen molar-refractivity contribution in [1.29, 1.82) is 0 Å². The normalized spacial score (nSPS) is 21.9. The van der Waals surface area contributed by atoms with Crippen molar-refractivity contribution in [2.24, 2.45) is 5.73 Å². The van der Waals surface area contributed by atoms with E-state index in [1.807, 2.05) is 12.3 Å². The Labute approximate surface area is 184 Å². The van der Waals surface area contributed by atoms with Crippen molar-refractivity contribution in [2.45, 2.75) is 37.8 Å². The van der Waals surface area contributed by atoms with Gasteiger partial charge in [-0.05, 0) is 56.0 Å². The maximum atomic E-state index is 6.14. The van der Waals surface area contributed by atoms with Crippen LogP contribution in [0.3, 0.4) is 0 Å². The van der Waals surface area contributed by atoms with Crippen LogP contribution in [0, 0.1) is 0 Å². The summed E-state index contributed by atoms with van der Waals surface area (Å²) in [5, 5.41) is 1.11. The molecule has 2 fully saturated rings. The van der Waals surface area contributed by atoms with Gasteiger partial charge in [0.05, 0.1) is 24.4 Å². The Morgan fingerprint density at radius 1 is 1.03 bits per heavy atom. The maximum absolute atomic E-state index is 6.14. The van der Waals surface area contributed by atoms with Crippen LogP contribution in [0.1, 0.15) is 25.7 Å². The zero-order valence-electron chi connectivity index (χ0n) is 18.2. The molecule has 31 heavy (non-hydrogen) atoms. The molecule has 0 bridgehead atoms. The Balaban J connectivity index is 1.48. The molecule has 0 atom stereocenters. The summed E-state index contributed by atoms with van der Waals surface area (Å²) in [6.45, 7) is 3.47. The number of rotatable bonds is 4. The fourth-order valence-electron chi connectivity index (χ4n) is 4.80. The molecular formula is C25H31N5O. The van der Waals surface area contributed by atoms with Gasteiger partial charge in [-0.1, -0.05) is 12.1 Å². The SMILES string of the molecule is CN(c1nc(-c2ccc(N3CCOCC3)cc2)cc2ncccc12)C1CCC(N)CC1. The second kappa shape index (κ2) is 8.81. The first kappa shape index (κ1) is 20.2. The van der Waals surface area contributed by atoms with Gasteiger partial charge in [-0.15, -0.1) is 0 Å². The van der Waals surface area contributed by atoms with Gasteiger partial charge in [0.2, 0.25) is 0 Å². The van der Waals surface area contributed by atoms with E-state index < -0.39 is 0 Å². The summed E-state index contributed by atoms with van der Waals surface area (Å²) in [4.78, 5) is 14.5. The average Bonchev–Trinajstić information content (AvgIpc) is 2.84. The predicted molar refractivity (Wildman–Crippen MR) is 127 cm³/mol. The lowest BCUT2D eigenvalue weighted by Crippen LogP contribution is -2.39. The van der Waals surface area contributed by atoms with Gasteiger partial charge < -0.3 is 20.3 Å². The first-order chi connectivity index (χ1) is 15.2. The molecule has 1 aromatic carbocycles. The van der Waals surface area contributed by atoms with E-state index in [0.29, 0.717) is 12.1 Å². The van der Waals surface area contributed by atoms with Crippen molar-refractivity contribution in [3.63, 3.8) is 0 Å². The molecule has 2 aliphatic rings. The summed E-state index contributed by atoms with van der Waals surface area (Å²) in [6.07, 6.45) is 6.23. The number of aromatic nitrogens is 2. The van der Waals surface area contributed by atoms with Crippen molar-refractivity contribution in [3.05, 3.63) is 48.7 Å². The second-order valence-electron chi connectivity index (χ2n) is 8.73. The lowest BCUT2D eigenvalue weighted by Gasteiger charge is -2.35. The highest BCUT2D eigenvalue weighted by molar-refractivity contribution is 5.92. The molecule has 1 aliphatic carbocycles. The highest BCUT2D eigenvalue weighted by atomic mass is 16.5. The van der Waals surface area contributed by atoms with Gasteiger partial charge in [0.1, 0.15) is 5.82 Å². The van der Waals surface area contributed by atoms with E-state index in [9.17, 15) is 0 Å². The fourth-order valence-corrected chi connectivity index (χ4v) is 4.80. The van der Waals surface area contributed by atoms with Crippen LogP contribution in [-0.2, 0) is 4.74 Å². The van der Waals surface area contributed by atoms with E-state index >= 15 is 0 Å². The number of fused-ring (bicyclic) bond motifs is 1. The summed E-state index contributed by atoms with van der Waals surface area (Å²) < 4.78 is 5.48. The van der Waals surface area contributed by atoms with Gasteiger partial charge >= 0.3 is 0 Å². The number of hydrogen-bond acceptors (Lipinski definition) is 6. The van der Waals surface area contributed by atoms with Crippen molar-refractivity contribution in [2.75, 3.05) is 43.2 Å². The van der Waals surface area contributed by atoms with E-state index in [4.69, 9.17) is 15.5 Å². The third-order valence-electron chi connectivity index (χ3n) is 6.74. The molecule has 6 nitrogen and oxygen atoms in total. The minimum absolute atomic E-state index is 0.340. The molecule has 1 saturated heterocycles. The van der Waals surface area contributed by atoms with Crippen LogP contribution in [0.25, 0.3) is 22.2 Å². The van der Waals surface area contributed by atoms with Crippen LogP contribution >= 0.6 is 0 Å². The highest BCUT2D eigenvalue weighted by Gasteiger charge is 2.24. The van der Waals surface area contributed by atoms with Crippen molar-refractivity contribution < 1.29 is 4.74 Å². The topological polar surface area (TPSA) is 67.5 Å². The molecule has 3 aromatic rings. The van der Waals surface area contributed by atoms with Crippen LogP contribution in [0.4, 0.5) is 11.5 Å². The molecule has 0 unspecified atom stereocenters. The van der Waals surface area contributed by atoms with Crippen molar-refractivity contribution in [1.82, 2.24) is 9.97 Å². The van der Waals surface area contributed by atoms with Gasteiger partial charge in [-0.25, -0.2) is 4.98 Å². The summed E-state index contributed by atoms with van der Waals surface area (Å²) in [5.74, 6) is 1.01. The molecule has 0 amide bonds. The monoisotopic (exact) mass is 417 g/mol. The zero-order chi connectivity index (χ0) is 21.2. The van der Waals surface area contributed by atoms with Crippen LogP contribution in [0.2, 0.25) is 0 Å². The van der Waals surface area contributed by atoms with Crippen LogP contribution in [0.15, 0.2) is 48.7 Å². The summed E-state index contributed by atoms with van der Waals surface area (Å²) >= 11 is 0. The molecule has 2 aromatic heterocycles. The number of pyridine rings is 2. The number of nitrogens with two attached hydrogens (primary N) is 1. The molecule has 162 valence electrons. The van der Waals surface area contributed by atoms with E-state index in [2.05, 4.69) is 58.2 Å². The molecule has 6 heteroatoms.